The highest BCUT2D eigenvalue weighted by atomic mass is 16.6. The molecule has 0 aliphatic carbocycles. The van der Waals surface area contributed by atoms with Crippen LogP contribution in [0.2, 0.25) is 0 Å². The number of amides is 2. The zero-order valence-corrected chi connectivity index (χ0v) is 13.7. The summed E-state index contributed by atoms with van der Waals surface area (Å²) in [4.78, 5) is 25.7. The van der Waals surface area contributed by atoms with Gasteiger partial charge in [0.05, 0.1) is 0 Å². The molecule has 0 aromatic heterocycles. The van der Waals surface area contributed by atoms with Crippen LogP contribution in [0.5, 0.6) is 0 Å². The fourth-order valence-corrected chi connectivity index (χ4v) is 3.49. The largest absolute Gasteiger partial charge is 0.444 e. The molecule has 0 aromatic carbocycles. The molecular formula is C16H28N2O3. The zero-order chi connectivity index (χ0) is 15.7. The van der Waals surface area contributed by atoms with E-state index in [-0.39, 0.29) is 23.5 Å². The molecule has 120 valence electrons. The van der Waals surface area contributed by atoms with Gasteiger partial charge < -0.3 is 15.0 Å². The van der Waals surface area contributed by atoms with Crippen molar-refractivity contribution in [1.82, 2.24) is 10.2 Å². The first-order chi connectivity index (χ1) is 9.76. The molecule has 2 aliphatic rings. The minimum absolute atomic E-state index is 0.0472. The highest BCUT2D eigenvalue weighted by Crippen LogP contribution is 2.43. The lowest BCUT2D eigenvalue weighted by atomic mass is 9.71. The number of nitrogens with zero attached hydrogens (tertiary/aromatic N) is 1. The molecule has 2 amide bonds. The molecule has 0 saturated carbocycles. The Morgan fingerprint density at radius 1 is 1.38 bits per heavy atom. The Bertz CT molecular complexity index is 406. The van der Waals surface area contributed by atoms with Gasteiger partial charge in [-0.05, 0) is 40.0 Å². The standard InChI is InChI=1S/C16H28N2O3/c1-5-6-12-16(11-13(19)17-12)7-9-18(10-8-16)14(20)21-15(2,3)4/h12H,5-11H2,1-4H3,(H,17,19). The summed E-state index contributed by atoms with van der Waals surface area (Å²) < 4.78 is 5.43. The van der Waals surface area contributed by atoms with E-state index in [1.165, 1.54) is 0 Å². The van der Waals surface area contributed by atoms with Gasteiger partial charge in [0.1, 0.15) is 5.60 Å². The Kier molecular flexibility index (Phi) is 4.49. The molecule has 2 saturated heterocycles. The van der Waals surface area contributed by atoms with Crippen LogP contribution < -0.4 is 5.32 Å². The molecule has 2 heterocycles. The van der Waals surface area contributed by atoms with Crippen LogP contribution in [-0.4, -0.2) is 41.6 Å². The lowest BCUT2D eigenvalue weighted by molar-refractivity contribution is -0.119. The summed E-state index contributed by atoms with van der Waals surface area (Å²) in [5.74, 6) is 0.166. The Labute approximate surface area is 127 Å². The van der Waals surface area contributed by atoms with E-state index < -0.39 is 5.60 Å². The van der Waals surface area contributed by atoms with Gasteiger partial charge in [-0.3, -0.25) is 4.79 Å². The number of hydrogen-bond donors (Lipinski definition) is 1. The normalized spacial score (nSPS) is 25.0. The lowest BCUT2D eigenvalue weighted by Crippen LogP contribution is -2.49. The van der Waals surface area contributed by atoms with Crippen molar-refractivity contribution in [1.29, 1.82) is 0 Å². The Hall–Kier alpha value is -1.26. The van der Waals surface area contributed by atoms with Crippen LogP contribution in [0.25, 0.3) is 0 Å². The third-order valence-electron chi connectivity index (χ3n) is 4.58. The molecule has 0 bridgehead atoms. The topological polar surface area (TPSA) is 58.6 Å². The minimum atomic E-state index is -0.457. The summed E-state index contributed by atoms with van der Waals surface area (Å²) in [6.45, 7) is 9.16. The number of carbonyl (C=O) groups is 2. The fourth-order valence-electron chi connectivity index (χ4n) is 3.49. The molecular weight excluding hydrogens is 268 g/mol. The van der Waals surface area contributed by atoms with Crippen molar-refractivity contribution < 1.29 is 14.3 Å². The smallest absolute Gasteiger partial charge is 0.410 e. The molecule has 5 nitrogen and oxygen atoms in total. The van der Waals surface area contributed by atoms with Crippen LogP contribution in [0.3, 0.4) is 0 Å². The molecule has 2 rings (SSSR count). The molecule has 1 atom stereocenters. The molecule has 5 heteroatoms. The van der Waals surface area contributed by atoms with Gasteiger partial charge in [-0.25, -0.2) is 4.79 Å². The summed E-state index contributed by atoms with van der Waals surface area (Å²) in [6.07, 6.45) is 4.24. The third kappa shape index (κ3) is 3.69. The maximum atomic E-state index is 12.1. The number of carbonyl (C=O) groups excluding carboxylic acids is 2. The zero-order valence-electron chi connectivity index (χ0n) is 13.7. The van der Waals surface area contributed by atoms with E-state index in [1.54, 1.807) is 4.90 Å². The summed E-state index contributed by atoms with van der Waals surface area (Å²) in [6, 6.07) is 0.274. The predicted molar refractivity (Wildman–Crippen MR) is 80.9 cm³/mol. The maximum Gasteiger partial charge on any atom is 0.410 e. The van der Waals surface area contributed by atoms with E-state index in [2.05, 4.69) is 12.2 Å². The minimum Gasteiger partial charge on any atom is -0.444 e. The van der Waals surface area contributed by atoms with Gasteiger partial charge in [0, 0.05) is 31.0 Å². The highest BCUT2D eigenvalue weighted by Gasteiger charge is 2.48. The molecule has 0 aromatic rings. The second-order valence-electron chi connectivity index (χ2n) is 7.42. The average molecular weight is 296 g/mol. The van der Waals surface area contributed by atoms with Crippen molar-refractivity contribution >= 4 is 12.0 Å². The fraction of sp³-hybridized carbons (Fsp3) is 0.875. The van der Waals surface area contributed by atoms with E-state index in [4.69, 9.17) is 4.74 Å². The van der Waals surface area contributed by atoms with Gasteiger partial charge in [0.15, 0.2) is 0 Å². The SMILES string of the molecule is CCCC1NC(=O)CC12CCN(C(=O)OC(C)(C)C)CC2. The molecule has 2 aliphatic heterocycles. The first kappa shape index (κ1) is 16.1. The van der Waals surface area contributed by atoms with Crippen molar-refractivity contribution in [3.63, 3.8) is 0 Å². The van der Waals surface area contributed by atoms with E-state index in [1.807, 2.05) is 20.8 Å². The molecule has 1 unspecified atom stereocenters. The number of nitrogens with one attached hydrogen (secondary N) is 1. The van der Waals surface area contributed by atoms with Gasteiger partial charge in [0.25, 0.3) is 0 Å². The lowest BCUT2D eigenvalue weighted by Gasteiger charge is -2.42. The predicted octanol–water partition coefficient (Wildman–Crippen LogP) is 2.69. The number of likely N-dealkylation sites (tertiary alicyclic amines) is 1. The van der Waals surface area contributed by atoms with E-state index >= 15 is 0 Å². The maximum absolute atomic E-state index is 12.1. The summed E-state index contributed by atoms with van der Waals surface area (Å²) in [5, 5.41) is 3.12. The number of hydrogen-bond acceptors (Lipinski definition) is 3. The number of piperidine rings is 1. The first-order valence-electron chi connectivity index (χ1n) is 8.03. The average Bonchev–Trinajstić information content (AvgIpc) is 2.65. The number of ether oxygens (including phenoxy) is 1. The summed E-state index contributed by atoms with van der Waals surface area (Å²) in [7, 11) is 0. The Balaban J connectivity index is 1.96. The van der Waals surface area contributed by atoms with Crippen LogP contribution in [0, 0.1) is 5.41 Å². The van der Waals surface area contributed by atoms with Crippen LogP contribution >= 0.6 is 0 Å². The van der Waals surface area contributed by atoms with Crippen molar-refractivity contribution in [2.45, 2.75) is 71.4 Å². The van der Waals surface area contributed by atoms with Crippen LogP contribution in [0.4, 0.5) is 4.79 Å². The quantitative estimate of drug-likeness (QED) is 0.852. The van der Waals surface area contributed by atoms with Crippen molar-refractivity contribution in [2.24, 2.45) is 5.41 Å². The number of rotatable bonds is 2. The monoisotopic (exact) mass is 296 g/mol. The molecule has 1 N–H and O–H groups in total. The second-order valence-corrected chi connectivity index (χ2v) is 7.42. The van der Waals surface area contributed by atoms with E-state index in [9.17, 15) is 9.59 Å². The van der Waals surface area contributed by atoms with Gasteiger partial charge in [-0.15, -0.1) is 0 Å². The highest BCUT2D eigenvalue weighted by molar-refractivity contribution is 5.80. The van der Waals surface area contributed by atoms with E-state index in [0.29, 0.717) is 19.5 Å². The van der Waals surface area contributed by atoms with Crippen LogP contribution in [-0.2, 0) is 9.53 Å². The van der Waals surface area contributed by atoms with Gasteiger partial charge in [-0.1, -0.05) is 13.3 Å². The first-order valence-corrected chi connectivity index (χ1v) is 8.03. The van der Waals surface area contributed by atoms with Crippen molar-refractivity contribution in [3.05, 3.63) is 0 Å². The van der Waals surface area contributed by atoms with E-state index in [0.717, 1.165) is 25.7 Å². The molecule has 0 radical (unpaired) electrons. The van der Waals surface area contributed by atoms with Crippen molar-refractivity contribution in [2.75, 3.05) is 13.1 Å². The Morgan fingerprint density at radius 3 is 2.52 bits per heavy atom. The van der Waals surface area contributed by atoms with Gasteiger partial charge >= 0.3 is 6.09 Å². The van der Waals surface area contributed by atoms with Crippen LogP contribution in [0.15, 0.2) is 0 Å². The van der Waals surface area contributed by atoms with Gasteiger partial charge in [-0.2, -0.15) is 0 Å². The molecule has 2 fully saturated rings. The van der Waals surface area contributed by atoms with Crippen molar-refractivity contribution in [3.8, 4) is 0 Å². The second kappa shape index (κ2) is 5.85. The van der Waals surface area contributed by atoms with Gasteiger partial charge in [0.2, 0.25) is 5.91 Å². The molecule has 21 heavy (non-hydrogen) atoms. The third-order valence-corrected chi connectivity index (χ3v) is 4.58. The van der Waals surface area contributed by atoms with Crippen LogP contribution in [0.1, 0.15) is 59.8 Å². The summed E-state index contributed by atoms with van der Waals surface area (Å²) in [5.41, 5.74) is -0.409. The molecule has 1 spiro atoms. The Morgan fingerprint density at radius 2 is 2.00 bits per heavy atom. The summed E-state index contributed by atoms with van der Waals surface area (Å²) >= 11 is 0.